The lowest BCUT2D eigenvalue weighted by Gasteiger charge is -2.09. The molecule has 0 aromatic heterocycles. The molecule has 0 aliphatic carbocycles. The van der Waals surface area contributed by atoms with Gasteiger partial charge in [0.15, 0.2) is 0 Å². The predicted molar refractivity (Wildman–Crippen MR) is 52.0 cm³/mol. The van der Waals surface area contributed by atoms with Gasteiger partial charge in [-0.15, -0.1) is 12.6 Å². The molecule has 60 valence electrons. The van der Waals surface area contributed by atoms with Gasteiger partial charge in [-0.05, 0) is 25.0 Å². The average molecular weight is 168 g/mol. The first kappa shape index (κ1) is 8.27. The minimum absolute atomic E-state index is 0.589. The van der Waals surface area contributed by atoms with Gasteiger partial charge in [-0.1, -0.05) is 6.07 Å². The number of rotatable bonds is 0. The summed E-state index contributed by atoms with van der Waals surface area (Å²) in [6.45, 7) is 3.90. The molecule has 0 unspecified atom stereocenters. The molecule has 1 aromatic carbocycles. The quantitative estimate of drug-likeness (QED) is 0.408. The van der Waals surface area contributed by atoms with E-state index in [-0.39, 0.29) is 0 Å². The van der Waals surface area contributed by atoms with Crippen LogP contribution in [0.5, 0.6) is 0 Å². The van der Waals surface area contributed by atoms with Crippen LogP contribution < -0.4 is 11.5 Å². The van der Waals surface area contributed by atoms with E-state index in [1.54, 1.807) is 0 Å². The van der Waals surface area contributed by atoms with Crippen LogP contribution in [0.25, 0.3) is 0 Å². The van der Waals surface area contributed by atoms with Crippen LogP contribution in [0.2, 0.25) is 0 Å². The number of hydrogen-bond acceptors (Lipinski definition) is 3. The molecule has 0 spiro atoms. The van der Waals surface area contributed by atoms with Gasteiger partial charge in [0.25, 0.3) is 0 Å². The molecule has 0 saturated heterocycles. The summed E-state index contributed by atoms with van der Waals surface area (Å²) < 4.78 is 0. The molecule has 2 nitrogen and oxygen atoms in total. The first-order valence-electron chi connectivity index (χ1n) is 3.38. The second kappa shape index (κ2) is 2.66. The van der Waals surface area contributed by atoms with Crippen LogP contribution in [0.1, 0.15) is 11.1 Å². The molecule has 0 saturated carbocycles. The molecule has 11 heavy (non-hydrogen) atoms. The fourth-order valence-corrected chi connectivity index (χ4v) is 1.21. The Kier molecular flexibility index (Phi) is 2.00. The van der Waals surface area contributed by atoms with Crippen molar-refractivity contribution in [1.82, 2.24) is 0 Å². The van der Waals surface area contributed by atoms with Gasteiger partial charge in [0, 0.05) is 4.90 Å². The number of benzene rings is 1. The van der Waals surface area contributed by atoms with Crippen LogP contribution in [0, 0.1) is 13.8 Å². The Morgan fingerprint density at radius 2 is 1.64 bits per heavy atom. The molecule has 4 N–H and O–H groups in total. The van der Waals surface area contributed by atoms with E-state index in [0.717, 1.165) is 16.0 Å². The lowest BCUT2D eigenvalue weighted by atomic mass is 10.1. The number of hydrogen-bond donors (Lipinski definition) is 3. The van der Waals surface area contributed by atoms with Crippen molar-refractivity contribution in [2.24, 2.45) is 0 Å². The maximum atomic E-state index is 5.68. The summed E-state index contributed by atoms with van der Waals surface area (Å²) in [5.41, 5.74) is 14.7. The molecule has 0 amide bonds. The summed E-state index contributed by atoms with van der Waals surface area (Å²) in [6.07, 6.45) is 0. The van der Waals surface area contributed by atoms with Gasteiger partial charge >= 0.3 is 0 Å². The third-order valence-electron chi connectivity index (χ3n) is 1.78. The van der Waals surface area contributed by atoms with E-state index < -0.39 is 0 Å². The number of nitrogen functional groups attached to an aromatic ring is 2. The Bertz CT molecular complexity index is 268. The lowest BCUT2D eigenvalue weighted by molar-refractivity contribution is 1.28. The van der Waals surface area contributed by atoms with E-state index in [1.807, 2.05) is 19.9 Å². The van der Waals surface area contributed by atoms with Gasteiger partial charge in [0.1, 0.15) is 0 Å². The highest BCUT2D eigenvalue weighted by Gasteiger charge is 2.04. The maximum Gasteiger partial charge on any atom is 0.0688 e. The zero-order valence-electron chi connectivity index (χ0n) is 6.68. The third kappa shape index (κ3) is 1.28. The number of aryl methyl sites for hydroxylation is 2. The van der Waals surface area contributed by atoms with Gasteiger partial charge in [0.2, 0.25) is 0 Å². The smallest absolute Gasteiger partial charge is 0.0688 e. The van der Waals surface area contributed by atoms with E-state index in [0.29, 0.717) is 11.4 Å². The highest BCUT2D eigenvalue weighted by molar-refractivity contribution is 7.80. The largest absolute Gasteiger partial charge is 0.397 e. The predicted octanol–water partition coefficient (Wildman–Crippen LogP) is 1.76. The van der Waals surface area contributed by atoms with Crippen molar-refractivity contribution in [2.45, 2.75) is 18.7 Å². The average Bonchev–Trinajstić information content (AvgIpc) is 1.97. The minimum atomic E-state index is 0.589. The first-order chi connectivity index (χ1) is 5.04. The Hall–Kier alpha value is -0.830. The Morgan fingerprint density at radius 3 is 2.18 bits per heavy atom. The highest BCUT2D eigenvalue weighted by Crippen LogP contribution is 2.29. The normalized spacial score (nSPS) is 10.1. The van der Waals surface area contributed by atoms with E-state index in [4.69, 9.17) is 11.5 Å². The molecular weight excluding hydrogens is 156 g/mol. The summed E-state index contributed by atoms with van der Waals surface area (Å²) in [6, 6.07) is 1.98. The van der Waals surface area contributed by atoms with Crippen LogP contribution >= 0.6 is 12.6 Å². The topological polar surface area (TPSA) is 52.0 Å². The number of nitrogens with two attached hydrogens (primary N) is 2. The highest BCUT2D eigenvalue weighted by atomic mass is 32.1. The van der Waals surface area contributed by atoms with Crippen LogP contribution in [0.4, 0.5) is 11.4 Å². The summed E-state index contributed by atoms with van der Waals surface area (Å²) >= 11 is 4.22. The molecule has 0 heterocycles. The zero-order valence-corrected chi connectivity index (χ0v) is 7.57. The fraction of sp³-hybridized carbons (Fsp3) is 0.250. The van der Waals surface area contributed by atoms with Crippen LogP contribution in [0.15, 0.2) is 11.0 Å². The van der Waals surface area contributed by atoms with Crippen molar-refractivity contribution in [3.05, 3.63) is 17.2 Å². The van der Waals surface area contributed by atoms with Gasteiger partial charge < -0.3 is 11.5 Å². The van der Waals surface area contributed by atoms with Crippen molar-refractivity contribution in [3.8, 4) is 0 Å². The SMILES string of the molecule is Cc1cc(C)c(S)c(N)c1N. The third-order valence-corrected chi connectivity index (χ3v) is 2.37. The van der Waals surface area contributed by atoms with Crippen molar-refractivity contribution >= 4 is 24.0 Å². The van der Waals surface area contributed by atoms with Crippen LogP contribution in [-0.4, -0.2) is 0 Å². The summed E-state index contributed by atoms with van der Waals surface area (Å²) in [5, 5.41) is 0. The lowest BCUT2D eigenvalue weighted by Crippen LogP contribution is -1.99. The molecule has 3 heteroatoms. The Balaban J connectivity index is 3.46. The fourth-order valence-electron chi connectivity index (χ4n) is 1.02. The van der Waals surface area contributed by atoms with E-state index in [2.05, 4.69) is 12.6 Å². The molecule has 1 rings (SSSR count). The molecule has 0 bridgehead atoms. The van der Waals surface area contributed by atoms with Crippen LogP contribution in [0.3, 0.4) is 0 Å². The zero-order chi connectivity index (χ0) is 8.59. The number of anilines is 2. The van der Waals surface area contributed by atoms with Gasteiger partial charge in [-0.3, -0.25) is 0 Å². The molecular formula is C8H12N2S. The summed E-state index contributed by atoms with van der Waals surface area (Å²) in [4.78, 5) is 0.785. The minimum Gasteiger partial charge on any atom is -0.397 e. The maximum absolute atomic E-state index is 5.68. The second-order valence-electron chi connectivity index (χ2n) is 2.69. The first-order valence-corrected chi connectivity index (χ1v) is 3.83. The van der Waals surface area contributed by atoms with Crippen molar-refractivity contribution in [1.29, 1.82) is 0 Å². The van der Waals surface area contributed by atoms with Gasteiger partial charge in [-0.25, -0.2) is 0 Å². The molecule has 0 atom stereocenters. The molecule has 0 aliphatic heterocycles. The Morgan fingerprint density at radius 1 is 1.09 bits per heavy atom. The van der Waals surface area contributed by atoms with Crippen molar-refractivity contribution < 1.29 is 0 Å². The standard InChI is InChI=1S/C8H12N2S/c1-4-3-5(2)8(11)7(10)6(4)9/h3,11H,9-10H2,1-2H3. The second-order valence-corrected chi connectivity index (χ2v) is 3.13. The number of thiol groups is 1. The van der Waals surface area contributed by atoms with Gasteiger partial charge in [0.05, 0.1) is 11.4 Å². The molecule has 0 aliphatic rings. The Labute approximate surface area is 72.0 Å². The van der Waals surface area contributed by atoms with Crippen molar-refractivity contribution in [3.63, 3.8) is 0 Å². The van der Waals surface area contributed by atoms with Crippen molar-refractivity contribution in [2.75, 3.05) is 11.5 Å². The monoisotopic (exact) mass is 168 g/mol. The summed E-state index contributed by atoms with van der Waals surface area (Å²) in [5.74, 6) is 0. The molecule has 0 fully saturated rings. The van der Waals surface area contributed by atoms with Crippen LogP contribution in [-0.2, 0) is 0 Å². The van der Waals surface area contributed by atoms with E-state index in [9.17, 15) is 0 Å². The summed E-state index contributed by atoms with van der Waals surface area (Å²) in [7, 11) is 0. The molecule has 1 aromatic rings. The molecule has 0 radical (unpaired) electrons. The van der Waals surface area contributed by atoms with Gasteiger partial charge in [-0.2, -0.15) is 0 Å². The van der Waals surface area contributed by atoms with E-state index in [1.165, 1.54) is 0 Å². The van der Waals surface area contributed by atoms with E-state index >= 15 is 0 Å².